The minimum absolute atomic E-state index is 0.209. The summed E-state index contributed by atoms with van der Waals surface area (Å²) >= 11 is 5.82. The smallest absolute Gasteiger partial charge is 0.275 e. The van der Waals surface area contributed by atoms with Crippen LogP contribution in [0, 0.1) is 11.7 Å². The van der Waals surface area contributed by atoms with Crippen molar-refractivity contribution in [2.45, 2.75) is 50.3 Å². The number of rotatable bonds is 10. The first-order chi connectivity index (χ1) is 22.1. The number of amides is 1. The number of carbonyl (C=O) groups is 1. The number of aliphatic hydroxyl groups is 1. The van der Waals surface area contributed by atoms with E-state index in [2.05, 4.69) is 40.2 Å². The number of hydrogen-bond acceptors (Lipinski definition) is 9. The lowest BCUT2D eigenvalue weighted by Gasteiger charge is -2.51. The largest absolute Gasteiger partial charge is 0.387 e. The van der Waals surface area contributed by atoms with E-state index in [1.54, 1.807) is 23.3 Å². The van der Waals surface area contributed by atoms with Crippen LogP contribution in [-0.2, 0) is 0 Å². The van der Waals surface area contributed by atoms with Crippen LogP contribution in [-0.4, -0.2) is 83.5 Å². The molecule has 0 bridgehead atoms. The maximum Gasteiger partial charge on any atom is 0.275 e. The first kappa shape index (κ1) is 30.5. The van der Waals surface area contributed by atoms with Crippen molar-refractivity contribution in [1.29, 1.82) is 0 Å². The van der Waals surface area contributed by atoms with E-state index >= 15 is 0 Å². The molecule has 4 aromatic rings. The fraction of sp³-hybridized carbons (Fsp3) is 0.419. The van der Waals surface area contributed by atoms with E-state index in [0.717, 1.165) is 75.5 Å². The van der Waals surface area contributed by atoms with Crippen molar-refractivity contribution in [2.75, 3.05) is 36.4 Å². The lowest BCUT2D eigenvalue weighted by Crippen LogP contribution is -2.67. The SMILES string of the molecule is CC(c1cnc(N2CC[C@H]2CN2CC(O)(C3CC3)C2)nc1)n1cc(NC(=O)c2cncc(-c3c(C(F)F)ccc(Cl)c3F)n2)cn1. The van der Waals surface area contributed by atoms with Crippen LogP contribution in [0.25, 0.3) is 11.3 Å². The van der Waals surface area contributed by atoms with E-state index < -0.39 is 34.9 Å². The Labute approximate surface area is 267 Å². The van der Waals surface area contributed by atoms with E-state index in [-0.39, 0.29) is 22.5 Å². The molecular weight excluding hydrogens is 623 g/mol. The number of likely N-dealkylation sites (tertiary alicyclic amines) is 1. The van der Waals surface area contributed by atoms with Gasteiger partial charge < -0.3 is 15.3 Å². The van der Waals surface area contributed by atoms with Crippen LogP contribution in [0.1, 0.15) is 60.3 Å². The topological polar surface area (TPSA) is 125 Å². The Bertz CT molecular complexity index is 1760. The maximum atomic E-state index is 14.7. The summed E-state index contributed by atoms with van der Waals surface area (Å²) in [6.45, 7) is 5.19. The Balaban J connectivity index is 0.979. The second kappa shape index (κ2) is 11.9. The number of carbonyl (C=O) groups excluding carboxylic acids is 1. The fourth-order valence-corrected chi connectivity index (χ4v) is 6.35. The second-order valence-electron chi connectivity index (χ2n) is 12.3. The van der Waals surface area contributed by atoms with Crippen molar-refractivity contribution in [3.8, 4) is 11.3 Å². The third-order valence-electron chi connectivity index (χ3n) is 9.08. The zero-order valence-corrected chi connectivity index (χ0v) is 25.6. The number of anilines is 2. The molecule has 0 spiro atoms. The van der Waals surface area contributed by atoms with Crippen molar-refractivity contribution >= 4 is 29.1 Å². The Hall–Kier alpha value is -4.14. The number of aromatic nitrogens is 6. The van der Waals surface area contributed by atoms with Crippen LogP contribution in [0.15, 0.2) is 49.3 Å². The van der Waals surface area contributed by atoms with Crippen molar-refractivity contribution in [3.63, 3.8) is 0 Å². The quantitative estimate of drug-likeness (QED) is 0.249. The predicted octanol–water partition coefficient (Wildman–Crippen LogP) is 4.76. The van der Waals surface area contributed by atoms with Gasteiger partial charge in [-0.05, 0) is 38.2 Å². The van der Waals surface area contributed by atoms with Gasteiger partial charge in [0.1, 0.15) is 5.69 Å². The zero-order valence-electron chi connectivity index (χ0n) is 24.8. The number of hydrogen-bond donors (Lipinski definition) is 2. The summed E-state index contributed by atoms with van der Waals surface area (Å²) in [6.07, 6.45) is 9.20. The molecule has 3 aliphatic rings. The second-order valence-corrected chi connectivity index (χ2v) is 12.7. The molecule has 1 unspecified atom stereocenters. The highest BCUT2D eigenvalue weighted by Gasteiger charge is 2.52. The molecule has 2 atom stereocenters. The number of nitrogens with one attached hydrogen (secondary N) is 1. The molecular formula is C31H31ClF3N9O2. The van der Waals surface area contributed by atoms with E-state index in [1.807, 2.05) is 6.92 Å². The highest BCUT2D eigenvalue weighted by molar-refractivity contribution is 6.31. The molecule has 11 nitrogen and oxygen atoms in total. The van der Waals surface area contributed by atoms with E-state index in [1.165, 1.54) is 6.20 Å². The lowest BCUT2D eigenvalue weighted by atomic mass is 9.87. The Kier molecular flexibility index (Phi) is 7.89. The van der Waals surface area contributed by atoms with Crippen LogP contribution in [0.3, 0.4) is 0 Å². The maximum absolute atomic E-state index is 14.7. The molecule has 3 aromatic heterocycles. The van der Waals surface area contributed by atoms with Gasteiger partial charge in [-0.15, -0.1) is 0 Å². The predicted molar refractivity (Wildman–Crippen MR) is 163 cm³/mol. The molecule has 5 heterocycles. The van der Waals surface area contributed by atoms with Gasteiger partial charge in [0.05, 0.1) is 46.6 Å². The molecule has 3 fully saturated rings. The summed E-state index contributed by atoms with van der Waals surface area (Å²) in [4.78, 5) is 34.7. The zero-order chi connectivity index (χ0) is 32.2. The normalized spacial score (nSPS) is 19.9. The van der Waals surface area contributed by atoms with E-state index in [0.29, 0.717) is 23.6 Å². The molecule has 2 N–H and O–H groups in total. The van der Waals surface area contributed by atoms with Gasteiger partial charge in [-0.1, -0.05) is 17.7 Å². The molecule has 2 aliphatic heterocycles. The number of alkyl halides is 2. The third-order valence-corrected chi connectivity index (χ3v) is 9.38. The first-order valence-electron chi connectivity index (χ1n) is 15.1. The van der Waals surface area contributed by atoms with Gasteiger partial charge >= 0.3 is 0 Å². The van der Waals surface area contributed by atoms with Gasteiger partial charge in [0.25, 0.3) is 12.3 Å². The van der Waals surface area contributed by atoms with Crippen LogP contribution in [0.2, 0.25) is 5.02 Å². The molecule has 240 valence electrons. The van der Waals surface area contributed by atoms with Crippen LogP contribution < -0.4 is 10.2 Å². The number of benzene rings is 1. The van der Waals surface area contributed by atoms with Crippen molar-refractivity contribution in [2.24, 2.45) is 5.92 Å². The molecule has 1 aromatic carbocycles. The van der Waals surface area contributed by atoms with Gasteiger partial charge in [-0.3, -0.25) is 19.4 Å². The third kappa shape index (κ3) is 5.80. The Morgan fingerprint density at radius 1 is 1.13 bits per heavy atom. The Morgan fingerprint density at radius 2 is 1.89 bits per heavy atom. The average Bonchev–Trinajstić information content (AvgIpc) is 3.78. The molecule has 7 rings (SSSR count). The highest BCUT2D eigenvalue weighted by atomic mass is 35.5. The molecule has 46 heavy (non-hydrogen) atoms. The van der Waals surface area contributed by atoms with Gasteiger partial charge in [0.2, 0.25) is 5.95 Å². The summed E-state index contributed by atoms with van der Waals surface area (Å²) < 4.78 is 43.6. The average molecular weight is 654 g/mol. The standard InChI is InChI=1S/C31H31ClF3N9O2/c1-17(18-8-37-30(38-9-18)43-7-6-21(43)14-42-15-31(46,16-42)19-2-3-19)44-13-20(10-39-44)40-29(45)25-12-36-11-24(41-25)26-22(28(34)35)4-5-23(32)27(26)33/h4-5,8-13,17,19,21,28,46H,2-3,6-7,14-16H2,1H3,(H,40,45)/t17?,21-/m0/s1. The summed E-state index contributed by atoms with van der Waals surface area (Å²) in [5.74, 6) is -0.613. The molecule has 0 radical (unpaired) electrons. The molecule has 1 saturated carbocycles. The summed E-state index contributed by atoms with van der Waals surface area (Å²) in [5.41, 5.74) is -0.900. The fourth-order valence-electron chi connectivity index (χ4n) is 6.19. The van der Waals surface area contributed by atoms with Gasteiger partial charge in [0.15, 0.2) is 5.82 Å². The highest BCUT2D eigenvalue weighted by Crippen LogP contribution is 2.45. The van der Waals surface area contributed by atoms with E-state index in [9.17, 15) is 23.1 Å². The van der Waals surface area contributed by atoms with Crippen LogP contribution in [0.4, 0.5) is 24.8 Å². The monoisotopic (exact) mass is 653 g/mol. The van der Waals surface area contributed by atoms with Crippen molar-refractivity contribution < 1.29 is 23.1 Å². The minimum Gasteiger partial charge on any atom is -0.387 e. The van der Waals surface area contributed by atoms with Gasteiger partial charge in [-0.25, -0.2) is 28.1 Å². The number of β-amino-alcohol motifs (C(OH)–C–C–N with tert-alkyl or cyclic N) is 1. The van der Waals surface area contributed by atoms with Crippen molar-refractivity contribution in [3.05, 3.63) is 77.0 Å². The molecule has 1 aliphatic carbocycles. The summed E-state index contributed by atoms with van der Waals surface area (Å²) in [6, 6.07) is 2.12. The number of halogens is 4. The number of nitrogens with zero attached hydrogens (tertiary/aromatic N) is 8. The lowest BCUT2D eigenvalue weighted by molar-refractivity contribution is -0.115. The molecule has 1 amide bonds. The van der Waals surface area contributed by atoms with Gasteiger partial charge in [0, 0.05) is 67.5 Å². The van der Waals surface area contributed by atoms with Crippen molar-refractivity contribution in [1.82, 2.24) is 34.6 Å². The van der Waals surface area contributed by atoms with Gasteiger partial charge in [-0.2, -0.15) is 5.10 Å². The first-order valence-corrected chi connectivity index (χ1v) is 15.4. The van der Waals surface area contributed by atoms with Crippen LogP contribution >= 0.6 is 11.6 Å². The Morgan fingerprint density at radius 3 is 2.57 bits per heavy atom. The summed E-state index contributed by atoms with van der Waals surface area (Å²) in [5, 5.41) is 17.3. The molecule has 2 saturated heterocycles. The van der Waals surface area contributed by atoms with Crippen LogP contribution in [0.5, 0.6) is 0 Å². The van der Waals surface area contributed by atoms with E-state index in [4.69, 9.17) is 11.6 Å². The minimum atomic E-state index is -2.99. The molecule has 15 heteroatoms. The summed E-state index contributed by atoms with van der Waals surface area (Å²) in [7, 11) is 0.